The van der Waals surface area contributed by atoms with Crippen LogP contribution >= 0.6 is 0 Å². The van der Waals surface area contributed by atoms with E-state index >= 15 is 0 Å². The van der Waals surface area contributed by atoms with E-state index in [1.54, 1.807) is 6.07 Å². The van der Waals surface area contributed by atoms with Crippen molar-refractivity contribution in [3.8, 4) is 6.07 Å². The van der Waals surface area contributed by atoms with Crippen molar-refractivity contribution in [3.05, 3.63) is 35.9 Å². The topological polar surface area (TPSA) is 48.7 Å². The lowest BCUT2D eigenvalue weighted by molar-refractivity contribution is -0.148. The molecular weight excluding hydrogens is 272 g/mol. The Bertz CT molecular complexity index is 726. The maximum absolute atomic E-state index is 13.0. The third-order valence-electron chi connectivity index (χ3n) is 3.90. The van der Waals surface area contributed by atoms with Gasteiger partial charge >= 0.3 is 0 Å². The zero-order valence-electron chi connectivity index (χ0n) is 11.7. The second-order valence-electron chi connectivity index (χ2n) is 6.06. The Morgan fingerprint density at radius 2 is 2.05 bits per heavy atom. The van der Waals surface area contributed by atoms with Gasteiger partial charge < -0.3 is 5.32 Å². The third kappa shape index (κ3) is 2.66. The predicted molar refractivity (Wildman–Crippen MR) is 77.2 cm³/mol. The van der Waals surface area contributed by atoms with E-state index in [1.165, 1.54) is 0 Å². The number of nitrogens with zero attached hydrogens (tertiary/aromatic N) is 2. The summed E-state index contributed by atoms with van der Waals surface area (Å²) in [5.74, 6) is -2.08. The molecule has 1 aliphatic rings. The van der Waals surface area contributed by atoms with Crippen molar-refractivity contribution >= 4 is 16.7 Å². The molecule has 0 radical (unpaired) electrons. The molecule has 3 nitrogen and oxygen atoms in total. The summed E-state index contributed by atoms with van der Waals surface area (Å²) in [4.78, 5) is 4.42. The molecule has 5 heteroatoms. The molecule has 1 fully saturated rings. The third-order valence-corrected chi connectivity index (χ3v) is 3.90. The van der Waals surface area contributed by atoms with Crippen LogP contribution in [0.5, 0.6) is 0 Å². The van der Waals surface area contributed by atoms with Crippen LogP contribution in [0.2, 0.25) is 0 Å². The first-order valence-electron chi connectivity index (χ1n) is 6.82. The molecule has 0 aliphatic heterocycles. The van der Waals surface area contributed by atoms with Crippen LogP contribution in [0.25, 0.3) is 10.9 Å². The summed E-state index contributed by atoms with van der Waals surface area (Å²) in [7, 11) is 0. The van der Waals surface area contributed by atoms with E-state index in [9.17, 15) is 14.0 Å². The minimum atomic E-state index is -2.55. The zero-order valence-corrected chi connectivity index (χ0v) is 11.7. The number of para-hydroxylation sites is 1. The first-order valence-corrected chi connectivity index (χ1v) is 6.82. The highest BCUT2D eigenvalue weighted by molar-refractivity contribution is 5.82. The minimum Gasteiger partial charge on any atom is -0.368 e. The standard InChI is InChI=1S/C16H15F2N3/c1-15(8-16(17,18)9-15)10-20-14-12(7-19)6-11-4-2-3-5-13(11)21-14/h2-6H,8-10H2,1H3,(H,20,21). The maximum atomic E-state index is 13.0. The van der Waals surface area contributed by atoms with Crippen molar-refractivity contribution in [2.75, 3.05) is 11.9 Å². The molecule has 1 aromatic carbocycles. The van der Waals surface area contributed by atoms with Crippen LogP contribution in [0.15, 0.2) is 30.3 Å². The van der Waals surface area contributed by atoms with Crippen LogP contribution in [0.1, 0.15) is 25.3 Å². The van der Waals surface area contributed by atoms with Gasteiger partial charge in [-0.15, -0.1) is 0 Å². The largest absolute Gasteiger partial charge is 0.368 e. The molecule has 3 rings (SSSR count). The quantitative estimate of drug-likeness (QED) is 0.929. The zero-order chi connectivity index (χ0) is 15.1. The molecule has 0 saturated heterocycles. The smallest absolute Gasteiger partial charge is 0.249 e. The Morgan fingerprint density at radius 1 is 1.33 bits per heavy atom. The predicted octanol–water partition coefficient (Wildman–Crippen LogP) is 3.95. The number of hydrogen-bond donors (Lipinski definition) is 1. The van der Waals surface area contributed by atoms with Gasteiger partial charge in [-0.25, -0.2) is 13.8 Å². The number of rotatable bonds is 3. The minimum absolute atomic E-state index is 0.123. The number of nitrogens with one attached hydrogen (secondary N) is 1. The molecule has 0 unspecified atom stereocenters. The average Bonchev–Trinajstić information content (AvgIpc) is 2.42. The van der Waals surface area contributed by atoms with Crippen LogP contribution in [-0.4, -0.2) is 17.5 Å². The number of halogens is 2. The van der Waals surface area contributed by atoms with E-state index in [0.717, 1.165) is 10.9 Å². The Balaban J connectivity index is 1.82. The summed E-state index contributed by atoms with van der Waals surface area (Å²) in [5, 5.41) is 13.2. The van der Waals surface area contributed by atoms with E-state index < -0.39 is 11.3 Å². The monoisotopic (exact) mass is 287 g/mol. The first kappa shape index (κ1) is 13.7. The number of benzene rings is 1. The van der Waals surface area contributed by atoms with Crippen molar-refractivity contribution < 1.29 is 8.78 Å². The van der Waals surface area contributed by atoms with Gasteiger partial charge in [0.25, 0.3) is 0 Å². The lowest BCUT2D eigenvalue weighted by Crippen LogP contribution is -2.48. The van der Waals surface area contributed by atoms with Gasteiger partial charge in [0.15, 0.2) is 0 Å². The highest BCUT2D eigenvalue weighted by atomic mass is 19.3. The molecule has 2 aromatic rings. The number of anilines is 1. The number of nitriles is 1. The second-order valence-corrected chi connectivity index (χ2v) is 6.06. The lowest BCUT2D eigenvalue weighted by Gasteiger charge is -2.45. The van der Waals surface area contributed by atoms with Gasteiger partial charge in [0.05, 0.1) is 11.1 Å². The summed E-state index contributed by atoms with van der Waals surface area (Å²) in [6.45, 7) is 2.22. The van der Waals surface area contributed by atoms with Gasteiger partial charge in [-0.2, -0.15) is 5.26 Å². The van der Waals surface area contributed by atoms with Gasteiger partial charge in [0, 0.05) is 24.8 Å². The Hall–Kier alpha value is -2.22. The molecular formula is C16H15F2N3. The SMILES string of the molecule is CC1(CNc2nc3ccccc3cc2C#N)CC(F)(F)C1. The number of fused-ring (bicyclic) bond motifs is 1. The number of alkyl halides is 2. The van der Waals surface area contributed by atoms with Crippen molar-refractivity contribution in [1.29, 1.82) is 5.26 Å². The molecule has 21 heavy (non-hydrogen) atoms. The van der Waals surface area contributed by atoms with Gasteiger partial charge in [-0.05, 0) is 17.5 Å². The van der Waals surface area contributed by atoms with E-state index in [0.29, 0.717) is 17.9 Å². The van der Waals surface area contributed by atoms with Crippen LogP contribution in [0.4, 0.5) is 14.6 Å². The summed E-state index contributed by atoms with van der Waals surface area (Å²) in [5.41, 5.74) is 0.773. The van der Waals surface area contributed by atoms with Crippen molar-refractivity contribution in [2.24, 2.45) is 5.41 Å². The number of hydrogen-bond acceptors (Lipinski definition) is 3. The van der Waals surface area contributed by atoms with Crippen LogP contribution < -0.4 is 5.32 Å². The molecule has 0 bridgehead atoms. The molecule has 1 saturated carbocycles. The van der Waals surface area contributed by atoms with Gasteiger partial charge in [0.2, 0.25) is 5.92 Å². The molecule has 1 heterocycles. The Kier molecular flexibility index (Phi) is 3.05. The Morgan fingerprint density at radius 3 is 2.71 bits per heavy atom. The highest BCUT2D eigenvalue weighted by Gasteiger charge is 2.53. The van der Waals surface area contributed by atoms with Gasteiger partial charge in [0.1, 0.15) is 11.9 Å². The fourth-order valence-electron chi connectivity index (χ4n) is 2.96. The van der Waals surface area contributed by atoms with Crippen molar-refractivity contribution in [2.45, 2.75) is 25.7 Å². The molecule has 108 valence electrons. The lowest BCUT2D eigenvalue weighted by atomic mass is 9.67. The molecule has 1 aromatic heterocycles. The molecule has 1 N–H and O–H groups in total. The first-order chi connectivity index (χ1) is 9.91. The molecule has 0 amide bonds. The van der Waals surface area contributed by atoms with Gasteiger partial charge in [-0.1, -0.05) is 25.1 Å². The average molecular weight is 287 g/mol. The fourth-order valence-corrected chi connectivity index (χ4v) is 2.96. The number of pyridine rings is 1. The fraction of sp³-hybridized carbons (Fsp3) is 0.375. The van der Waals surface area contributed by atoms with E-state index in [4.69, 9.17) is 0 Å². The maximum Gasteiger partial charge on any atom is 0.249 e. The molecule has 0 spiro atoms. The normalized spacial score (nSPS) is 18.8. The molecule has 1 aliphatic carbocycles. The second kappa shape index (κ2) is 4.66. The summed E-state index contributed by atoms with van der Waals surface area (Å²) >= 11 is 0. The van der Waals surface area contributed by atoms with Crippen molar-refractivity contribution in [3.63, 3.8) is 0 Å². The summed E-state index contributed by atoms with van der Waals surface area (Å²) in [6.07, 6.45) is -0.245. The van der Waals surface area contributed by atoms with E-state index in [2.05, 4.69) is 16.4 Å². The number of aromatic nitrogens is 1. The van der Waals surface area contributed by atoms with Crippen LogP contribution in [0, 0.1) is 16.7 Å². The van der Waals surface area contributed by atoms with E-state index in [1.807, 2.05) is 31.2 Å². The molecule has 0 atom stereocenters. The van der Waals surface area contributed by atoms with Crippen LogP contribution in [-0.2, 0) is 0 Å². The van der Waals surface area contributed by atoms with Gasteiger partial charge in [-0.3, -0.25) is 0 Å². The van der Waals surface area contributed by atoms with Crippen molar-refractivity contribution in [1.82, 2.24) is 4.98 Å². The van der Waals surface area contributed by atoms with E-state index in [-0.39, 0.29) is 12.8 Å². The summed E-state index contributed by atoms with van der Waals surface area (Å²) < 4.78 is 26.0. The van der Waals surface area contributed by atoms with Crippen LogP contribution in [0.3, 0.4) is 0 Å². The summed E-state index contributed by atoms with van der Waals surface area (Å²) in [6, 6.07) is 11.4. The Labute approximate surface area is 121 Å². The highest BCUT2D eigenvalue weighted by Crippen LogP contribution is 2.51.